The van der Waals surface area contributed by atoms with Crippen molar-refractivity contribution in [3.8, 4) is 0 Å². The van der Waals surface area contributed by atoms with Crippen LogP contribution < -0.4 is 107 Å². The third kappa shape index (κ3) is 67.7. The third-order valence-electron chi connectivity index (χ3n) is 4.93. The minimum atomic E-state index is -4.94. The summed E-state index contributed by atoms with van der Waals surface area (Å²) in [4.78, 5) is 0. The van der Waals surface area contributed by atoms with Gasteiger partial charge >= 0.3 is 0 Å². The topological polar surface area (TPSA) is 545 Å². The molecule has 0 spiro atoms. The van der Waals surface area contributed by atoms with Crippen molar-refractivity contribution in [2.45, 2.75) is 63.9 Å². The Bertz CT molecular complexity index is 479. The van der Waals surface area contributed by atoms with E-state index in [2.05, 4.69) is 60.4 Å². The van der Waals surface area contributed by atoms with E-state index < -0.39 is 41.0 Å². The molecule has 1 rings (SSSR count). The van der Waals surface area contributed by atoms with Crippen LogP contribution in [0, 0.1) is 41.0 Å². The molecule has 0 aromatic rings. The maximum Gasteiger partial charge on any atom is 0.152 e. The molecule has 24 nitrogen and oxygen atoms in total. The summed E-state index contributed by atoms with van der Waals surface area (Å²) in [5.41, 5.74) is 8.67. The van der Waals surface area contributed by atoms with Crippen molar-refractivity contribution in [1.82, 2.24) is 10.6 Å². The molecule has 0 aromatic heterocycles. The lowest BCUT2D eigenvalue weighted by molar-refractivity contribution is -2.00. The van der Waals surface area contributed by atoms with E-state index >= 15 is 0 Å². The van der Waals surface area contributed by atoms with Crippen LogP contribution in [0.15, 0.2) is 0 Å². The number of hydrogen-bond acceptors (Lipinski definition) is 18. The van der Waals surface area contributed by atoms with E-state index in [0.717, 1.165) is 26.2 Å². The molecule has 0 aliphatic carbocycles. The van der Waals surface area contributed by atoms with Gasteiger partial charge in [0, 0.05) is 13.1 Å². The van der Waals surface area contributed by atoms with Crippen LogP contribution >= 0.6 is 0 Å². The second-order valence-electron chi connectivity index (χ2n) is 8.09. The normalized spacial score (nSPS) is 26.1. The fourth-order valence-corrected chi connectivity index (χ4v) is 2.88. The molecule has 1 aliphatic rings. The standard InChI is InChI=1S/C14H34N6.4ClHO4.2H2O/c1-9-13(15)10(2)18-7-8-20-12(4)14(16)11(3)19-6-5-17-9;4*2-1(3,4)5;;/h9-14,17-20H,5-8,15-16H2,1-4H3;4*(H,2,3,4,5);2*1H2/t9-,10-,11+,12+,13-,14-;;;;;;. The lowest BCUT2D eigenvalue weighted by Gasteiger charge is -2.26. The molecule has 0 radical (unpaired) electrons. The van der Waals surface area contributed by atoms with Crippen LogP contribution in [0.3, 0.4) is 0 Å². The van der Waals surface area contributed by atoms with Gasteiger partial charge in [-0.3, -0.25) is 0 Å². The van der Waals surface area contributed by atoms with Crippen molar-refractivity contribution < 1.29 is 149 Å². The summed E-state index contributed by atoms with van der Waals surface area (Å²) >= 11 is 0. The molecular formula is C14H42Cl4N6O18. The van der Waals surface area contributed by atoms with Crippen LogP contribution in [0.1, 0.15) is 27.7 Å². The molecule has 0 unspecified atom stereocenters. The Morgan fingerprint density at radius 2 is 0.643 bits per heavy atom. The molecule has 6 atom stereocenters. The Hall–Kier alpha value is 0.200. The molecular weight excluding hydrogens is 682 g/mol. The number of halogens is 4. The van der Waals surface area contributed by atoms with Gasteiger partial charge in [0.1, 0.15) is 12.1 Å². The van der Waals surface area contributed by atoms with Crippen molar-refractivity contribution >= 4 is 0 Å². The van der Waals surface area contributed by atoms with Gasteiger partial charge in [-0.2, -0.15) is 0 Å². The van der Waals surface area contributed by atoms with Crippen molar-refractivity contribution in [3.63, 3.8) is 0 Å². The highest BCUT2D eigenvalue weighted by Gasteiger charge is 2.28. The Morgan fingerprint density at radius 1 is 0.476 bits per heavy atom. The van der Waals surface area contributed by atoms with Crippen LogP contribution in [0.5, 0.6) is 0 Å². The predicted molar refractivity (Wildman–Crippen MR) is 88.0 cm³/mol. The Labute approximate surface area is 249 Å². The largest absolute Gasteiger partial charge is 0.412 e. The molecule has 0 aromatic carbocycles. The summed E-state index contributed by atoms with van der Waals surface area (Å²) < 4.78 is 136. The highest BCUT2D eigenvalue weighted by atomic mass is 35.7. The Kier molecular flexibility index (Phi) is 34.4. The van der Waals surface area contributed by atoms with Crippen molar-refractivity contribution in [3.05, 3.63) is 0 Å². The van der Waals surface area contributed by atoms with Crippen molar-refractivity contribution in [2.75, 3.05) is 26.2 Å². The smallest absolute Gasteiger partial charge is 0.152 e. The quantitative estimate of drug-likeness (QED) is 0.135. The summed E-state index contributed by atoms with van der Waals surface area (Å²) in [6, 6.07) is 2.92. The highest BCUT2D eigenvalue weighted by Crippen LogP contribution is 1.92. The van der Waals surface area contributed by atoms with Crippen molar-refractivity contribution in [1.29, 1.82) is 0 Å². The first-order valence-electron chi connectivity index (χ1n) is 10.7. The summed E-state index contributed by atoms with van der Waals surface area (Å²) in [5, 5.41) is 12.1. The Balaban J connectivity index is -0.000000121. The van der Waals surface area contributed by atoms with Gasteiger partial charge in [0.2, 0.25) is 0 Å². The van der Waals surface area contributed by atoms with E-state index in [4.69, 9.17) is 74.5 Å². The average Bonchev–Trinajstić information content (AvgIpc) is 2.66. The molecule has 1 heterocycles. The van der Waals surface area contributed by atoms with E-state index in [0.29, 0.717) is 36.3 Å². The molecule has 0 saturated carbocycles. The molecule has 16 N–H and O–H groups in total. The maximum absolute atomic E-state index is 8.49. The molecule has 0 bridgehead atoms. The fourth-order valence-electron chi connectivity index (χ4n) is 2.88. The van der Waals surface area contributed by atoms with Gasteiger partial charge in [0.05, 0.1) is 25.2 Å². The number of nitrogens with two attached hydrogens (primary N) is 2. The van der Waals surface area contributed by atoms with Crippen molar-refractivity contribution in [2.24, 2.45) is 0 Å². The van der Waals surface area contributed by atoms with Crippen LogP contribution in [-0.2, 0) is 0 Å². The number of rotatable bonds is 0. The van der Waals surface area contributed by atoms with Gasteiger partial charge < -0.3 is 43.7 Å². The highest BCUT2D eigenvalue weighted by molar-refractivity contribution is 4.76. The first kappa shape index (κ1) is 54.7. The number of quaternary nitrogens is 4. The second-order valence-corrected chi connectivity index (χ2v) is 11.1. The van der Waals surface area contributed by atoms with Gasteiger partial charge in [-0.05, 0) is 27.7 Å². The first-order chi connectivity index (χ1) is 17.4. The average molecular weight is 724 g/mol. The van der Waals surface area contributed by atoms with Gasteiger partial charge in [-0.1, -0.05) is 0 Å². The predicted octanol–water partition coefficient (Wildman–Crippen LogP) is -25.6. The Morgan fingerprint density at radius 3 is 0.810 bits per heavy atom. The third-order valence-corrected chi connectivity index (χ3v) is 4.93. The van der Waals surface area contributed by atoms with E-state index in [1.807, 2.05) is 0 Å². The zero-order valence-corrected chi connectivity index (χ0v) is 25.9. The molecule has 264 valence electrons. The van der Waals surface area contributed by atoms with E-state index in [1.165, 1.54) is 0 Å². The van der Waals surface area contributed by atoms with Crippen LogP contribution in [0.25, 0.3) is 0 Å². The number of nitrogens with one attached hydrogen (secondary N) is 2. The summed E-state index contributed by atoms with van der Waals surface area (Å²) in [6.07, 6.45) is 0. The summed E-state index contributed by atoms with van der Waals surface area (Å²) in [6.45, 7) is 13.4. The van der Waals surface area contributed by atoms with Crippen LogP contribution in [0.4, 0.5) is 0 Å². The van der Waals surface area contributed by atoms with Gasteiger partial charge in [-0.15, -0.1) is 41.0 Å². The number of hydrogen-bond donors (Lipinski definition) is 6. The summed E-state index contributed by atoms with van der Waals surface area (Å²) in [7, 11) is -19.8. The van der Waals surface area contributed by atoms with Gasteiger partial charge in [-0.25, -0.2) is 74.5 Å². The monoisotopic (exact) mass is 722 g/mol. The molecule has 1 saturated heterocycles. The molecule has 0 amide bonds. The first-order valence-corrected chi connectivity index (χ1v) is 15.6. The molecule has 42 heavy (non-hydrogen) atoms. The van der Waals surface area contributed by atoms with E-state index in [9.17, 15) is 0 Å². The van der Waals surface area contributed by atoms with E-state index in [1.54, 1.807) is 0 Å². The SMILES string of the molecule is C[C@@H]1NCC[NH2+][C@H](C)[C@H]([NH3+])[C@@H](C)NCC[NH2+][C@@H](C)[C@H]1[NH3+].O.O.[O-][Cl+3]([O-])([O-])[O-].[O-][Cl+3]([O-])([O-])[O-].[O-][Cl+3]([O-])([O-])[O-].[O-][Cl+3]([O-])([O-])[O-]. The summed E-state index contributed by atoms with van der Waals surface area (Å²) in [5.74, 6) is 0. The molecule has 1 aliphatic heterocycles. The zero-order valence-electron chi connectivity index (χ0n) is 22.9. The van der Waals surface area contributed by atoms with Crippen LogP contribution in [0.2, 0.25) is 0 Å². The zero-order chi connectivity index (χ0) is 33.1. The molecule has 28 heteroatoms. The van der Waals surface area contributed by atoms with Gasteiger partial charge in [0.25, 0.3) is 0 Å². The van der Waals surface area contributed by atoms with Gasteiger partial charge in [0.15, 0.2) is 12.1 Å². The lowest BCUT2D eigenvalue weighted by atomic mass is 10.0. The fraction of sp³-hybridized carbons (Fsp3) is 1.00. The minimum Gasteiger partial charge on any atom is -0.412 e. The second kappa shape index (κ2) is 26.4. The minimum absolute atomic E-state index is 0. The van der Waals surface area contributed by atoms with Crippen LogP contribution in [-0.4, -0.2) is 73.4 Å². The maximum atomic E-state index is 8.49. The van der Waals surface area contributed by atoms with E-state index in [-0.39, 0.29) is 11.0 Å². The molecule has 1 fully saturated rings. The lowest BCUT2D eigenvalue weighted by Crippen LogP contribution is -3.00.